The average molecular weight is 332 g/mol. The highest BCUT2D eigenvalue weighted by molar-refractivity contribution is 14.1. The van der Waals surface area contributed by atoms with Crippen LogP contribution in [0.1, 0.15) is 12.8 Å². The van der Waals surface area contributed by atoms with Gasteiger partial charge in [-0.2, -0.15) is 18.3 Å². The Hall–Kier alpha value is -0.600. The number of nitrogens with zero attached hydrogens (tertiary/aromatic N) is 2. The van der Waals surface area contributed by atoms with Crippen LogP contribution in [0.25, 0.3) is 0 Å². The molecule has 7 heteroatoms. The maximum absolute atomic E-state index is 11.8. The summed E-state index contributed by atoms with van der Waals surface area (Å²) < 4.78 is 37.1. The van der Waals surface area contributed by atoms with Crippen molar-refractivity contribution in [2.75, 3.05) is 0 Å². The van der Waals surface area contributed by atoms with Crippen LogP contribution in [0.5, 0.6) is 0 Å². The highest BCUT2D eigenvalue weighted by Gasteiger charge is 2.26. The standard InChI is InChI=1S/C8H8F3IN2O/c9-8(10,11)2-1-3-14-7(15)4-6(12)5-13-14/h4-5H,1-3H2. The number of alkyl halides is 3. The van der Waals surface area contributed by atoms with E-state index in [9.17, 15) is 18.0 Å². The molecule has 0 saturated carbocycles. The van der Waals surface area contributed by atoms with Gasteiger partial charge in [0, 0.05) is 22.6 Å². The van der Waals surface area contributed by atoms with Gasteiger partial charge in [-0.05, 0) is 29.0 Å². The van der Waals surface area contributed by atoms with Crippen LogP contribution in [0.15, 0.2) is 17.1 Å². The lowest BCUT2D eigenvalue weighted by atomic mass is 10.3. The number of halogens is 4. The summed E-state index contributed by atoms with van der Waals surface area (Å²) in [5.41, 5.74) is -0.371. The fourth-order valence-electron chi connectivity index (χ4n) is 1.01. The molecule has 1 aromatic heterocycles. The summed E-state index contributed by atoms with van der Waals surface area (Å²) in [6.45, 7) is -0.00470. The van der Waals surface area contributed by atoms with Crippen molar-refractivity contribution >= 4 is 22.6 Å². The summed E-state index contributed by atoms with van der Waals surface area (Å²) in [5, 5.41) is 3.73. The van der Waals surface area contributed by atoms with E-state index in [2.05, 4.69) is 5.10 Å². The molecule has 15 heavy (non-hydrogen) atoms. The predicted octanol–water partition coefficient (Wildman–Crippen LogP) is 2.19. The molecule has 1 rings (SSSR count). The molecule has 0 unspecified atom stereocenters. The Balaban J connectivity index is 2.55. The van der Waals surface area contributed by atoms with Gasteiger partial charge >= 0.3 is 6.18 Å². The molecule has 0 atom stereocenters. The van der Waals surface area contributed by atoms with Crippen LogP contribution in [0, 0.1) is 3.57 Å². The number of hydrogen-bond donors (Lipinski definition) is 0. The van der Waals surface area contributed by atoms with Crippen molar-refractivity contribution in [3.8, 4) is 0 Å². The van der Waals surface area contributed by atoms with Crippen LogP contribution in [0.2, 0.25) is 0 Å². The first-order chi connectivity index (χ1) is 6.88. The summed E-state index contributed by atoms with van der Waals surface area (Å²) >= 11 is 1.92. The summed E-state index contributed by atoms with van der Waals surface area (Å²) in [6.07, 6.45) is -3.76. The van der Waals surface area contributed by atoms with E-state index in [1.54, 1.807) is 0 Å². The molecule has 0 bridgehead atoms. The molecule has 0 aromatic carbocycles. The van der Waals surface area contributed by atoms with E-state index in [0.717, 1.165) is 4.68 Å². The number of hydrogen-bond acceptors (Lipinski definition) is 2. The van der Waals surface area contributed by atoms with Crippen molar-refractivity contribution in [1.82, 2.24) is 9.78 Å². The highest BCUT2D eigenvalue weighted by atomic mass is 127. The third-order valence-electron chi connectivity index (χ3n) is 1.67. The van der Waals surface area contributed by atoms with Crippen LogP contribution in [0.4, 0.5) is 13.2 Å². The van der Waals surface area contributed by atoms with Crippen LogP contribution < -0.4 is 5.56 Å². The maximum Gasteiger partial charge on any atom is 0.389 e. The lowest BCUT2D eigenvalue weighted by molar-refractivity contribution is -0.136. The van der Waals surface area contributed by atoms with E-state index in [-0.39, 0.29) is 18.5 Å². The van der Waals surface area contributed by atoms with Gasteiger partial charge in [0.05, 0.1) is 6.20 Å². The highest BCUT2D eigenvalue weighted by Crippen LogP contribution is 2.21. The molecular weight excluding hydrogens is 324 g/mol. The second-order valence-electron chi connectivity index (χ2n) is 2.95. The summed E-state index contributed by atoms with van der Waals surface area (Å²) in [7, 11) is 0. The molecule has 0 amide bonds. The Kier molecular flexibility index (Phi) is 4.12. The zero-order valence-electron chi connectivity index (χ0n) is 7.59. The van der Waals surface area contributed by atoms with Gasteiger partial charge in [-0.25, -0.2) is 4.68 Å². The average Bonchev–Trinajstić information content (AvgIpc) is 2.07. The van der Waals surface area contributed by atoms with E-state index in [0.29, 0.717) is 3.57 Å². The topological polar surface area (TPSA) is 34.9 Å². The molecule has 0 aliphatic heterocycles. The van der Waals surface area contributed by atoms with Crippen molar-refractivity contribution in [3.05, 3.63) is 26.2 Å². The Labute approximate surface area is 97.4 Å². The van der Waals surface area contributed by atoms with Gasteiger partial charge in [0.25, 0.3) is 5.56 Å². The van der Waals surface area contributed by atoms with Crippen molar-refractivity contribution < 1.29 is 13.2 Å². The fourth-order valence-corrected chi connectivity index (χ4v) is 1.40. The Bertz CT molecular complexity index is 388. The summed E-state index contributed by atoms with van der Waals surface area (Å²) in [5.74, 6) is 0. The van der Waals surface area contributed by atoms with Gasteiger partial charge in [0.15, 0.2) is 0 Å². The van der Waals surface area contributed by atoms with Gasteiger partial charge in [0.1, 0.15) is 0 Å². The van der Waals surface area contributed by atoms with Crippen molar-refractivity contribution in [1.29, 1.82) is 0 Å². The SMILES string of the molecule is O=c1cc(I)cnn1CCCC(F)(F)F. The molecular formula is C8H8F3IN2O. The van der Waals surface area contributed by atoms with E-state index in [1.807, 2.05) is 22.6 Å². The first-order valence-corrected chi connectivity index (χ1v) is 5.26. The third-order valence-corrected chi connectivity index (χ3v) is 2.26. The van der Waals surface area contributed by atoms with Crippen molar-refractivity contribution in [2.45, 2.75) is 25.6 Å². The van der Waals surface area contributed by atoms with E-state index in [4.69, 9.17) is 0 Å². The minimum atomic E-state index is -4.17. The Morgan fingerprint density at radius 2 is 2.13 bits per heavy atom. The van der Waals surface area contributed by atoms with Crippen molar-refractivity contribution in [3.63, 3.8) is 0 Å². The zero-order valence-corrected chi connectivity index (χ0v) is 9.75. The fraction of sp³-hybridized carbons (Fsp3) is 0.500. The van der Waals surface area contributed by atoms with Gasteiger partial charge in [-0.1, -0.05) is 0 Å². The summed E-state index contributed by atoms with van der Waals surface area (Å²) in [4.78, 5) is 11.2. The van der Waals surface area contributed by atoms with Crippen LogP contribution in [-0.4, -0.2) is 16.0 Å². The lowest BCUT2D eigenvalue weighted by Gasteiger charge is -2.06. The quantitative estimate of drug-likeness (QED) is 0.796. The maximum atomic E-state index is 11.8. The molecule has 0 saturated heterocycles. The van der Waals surface area contributed by atoms with Crippen LogP contribution in [-0.2, 0) is 6.54 Å². The molecule has 0 fully saturated rings. The van der Waals surface area contributed by atoms with E-state index in [1.165, 1.54) is 12.3 Å². The van der Waals surface area contributed by atoms with Crippen LogP contribution >= 0.6 is 22.6 Å². The molecule has 1 aromatic rings. The molecule has 0 N–H and O–H groups in total. The molecule has 0 aliphatic rings. The number of aromatic nitrogens is 2. The smallest absolute Gasteiger partial charge is 0.268 e. The van der Waals surface area contributed by atoms with Gasteiger partial charge in [-0.3, -0.25) is 4.79 Å². The van der Waals surface area contributed by atoms with Crippen molar-refractivity contribution in [2.24, 2.45) is 0 Å². The zero-order chi connectivity index (χ0) is 11.5. The number of rotatable bonds is 3. The third kappa shape index (κ3) is 4.63. The molecule has 0 spiro atoms. The number of aryl methyl sites for hydroxylation is 1. The monoisotopic (exact) mass is 332 g/mol. The lowest BCUT2D eigenvalue weighted by Crippen LogP contribution is -2.23. The largest absolute Gasteiger partial charge is 0.389 e. The normalized spacial score (nSPS) is 11.7. The molecule has 0 radical (unpaired) electrons. The van der Waals surface area contributed by atoms with Gasteiger partial charge in [0.2, 0.25) is 0 Å². The molecule has 84 valence electrons. The first kappa shape index (κ1) is 12.5. The van der Waals surface area contributed by atoms with Crippen LogP contribution in [0.3, 0.4) is 0 Å². The molecule has 0 aliphatic carbocycles. The van der Waals surface area contributed by atoms with Gasteiger partial charge < -0.3 is 0 Å². The predicted molar refractivity (Wildman–Crippen MR) is 56.5 cm³/mol. The second-order valence-corrected chi connectivity index (χ2v) is 4.20. The van der Waals surface area contributed by atoms with Gasteiger partial charge in [-0.15, -0.1) is 0 Å². The minimum absolute atomic E-state index is 0.00470. The van der Waals surface area contributed by atoms with E-state index >= 15 is 0 Å². The minimum Gasteiger partial charge on any atom is -0.268 e. The van der Waals surface area contributed by atoms with E-state index < -0.39 is 12.6 Å². The Morgan fingerprint density at radius 1 is 1.47 bits per heavy atom. The Morgan fingerprint density at radius 3 is 2.67 bits per heavy atom. The first-order valence-electron chi connectivity index (χ1n) is 4.18. The second kappa shape index (κ2) is 4.95. The molecule has 3 nitrogen and oxygen atoms in total. The molecule has 1 heterocycles. The summed E-state index contributed by atoms with van der Waals surface area (Å²) in [6, 6.07) is 1.33.